The van der Waals surface area contributed by atoms with E-state index in [1.54, 1.807) is 12.3 Å². The van der Waals surface area contributed by atoms with Gasteiger partial charge in [0.25, 0.3) is 5.56 Å². The highest BCUT2D eigenvalue weighted by molar-refractivity contribution is 6.30. The molecule has 0 spiro atoms. The minimum Gasteiger partial charge on any atom is -0.378 e. The Morgan fingerprint density at radius 1 is 1.16 bits per heavy atom. The summed E-state index contributed by atoms with van der Waals surface area (Å²) < 4.78 is 34.4. The van der Waals surface area contributed by atoms with E-state index in [1.165, 1.54) is 16.7 Å². The summed E-state index contributed by atoms with van der Waals surface area (Å²) in [6.07, 6.45) is 5.24. The molecule has 0 atom stereocenters. The van der Waals surface area contributed by atoms with Crippen LogP contribution in [0.3, 0.4) is 0 Å². The molecule has 1 N–H and O–H groups in total. The van der Waals surface area contributed by atoms with Gasteiger partial charge in [0.05, 0.1) is 31.6 Å². The zero-order valence-corrected chi connectivity index (χ0v) is 17.7. The first-order chi connectivity index (χ1) is 15.5. The van der Waals surface area contributed by atoms with Gasteiger partial charge in [0.2, 0.25) is 0 Å². The van der Waals surface area contributed by atoms with Crippen LogP contribution < -0.4 is 10.5 Å². The van der Waals surface area contributed by atoms with Crippen LogP contribution in [0.5, 0.6) is 0 Å². The lowest BCUT2D eigenvalue weighted by Gasteiger charge is -2.28. The van der Waals surface area contributed by atoms with Crippen LogP contribution in [-0.4, -0.2) is 40.8 Å². The van der Waals surface area contributed by atoms with Crippen LogP contribution in [0.15, 0.2) is 53.7 Å². The van der Waals surface area contributed by atoms with Gasteiger partial charge in [-0.15, -0.1) is 0 Å². The molecule has 4 heterocycles. The molecular formula is C23H19ClF2N4O2. The maximum atomic E-state index is 14.2. The van der Waals surface area contributed by atoms with E-state index >= 15 is 0 Å². The number of hydrogen-bond donors (Lipinski definition) is 1. The lowest BCUT2D eigenvalue weighted by Crippen LogP contribution is -2.36. The number of ether oxygens (including phenoxy) is 1. The number of nitrogens with one attached hydrogen (secondary N) is 1. The SMILES string of the molecule is O=c1cc(-c2c[nH]c3ncc(N4CCOCC4)cc23)ccn1Cc1ccc(F)c(Cl)c1F. The number of pyridine rings is 2. The van der Waals surface area contributed by atoms with E-state index < -0.39 is 16.7 Å². The monoisotopic (exact) mass is 456 g/mol. The average Bonchev–Trinajstić information content (AvgIpc) is 3.24. The number of hydrogen-bond acceptors (Lipinski definition) is 4. The van der Waals surface area contributed by atoms with E-state index in [9.17, 15) is 13.6 Å². The number of morpholine rings is 1. The van der Waals surface area contributed by atoms with Crippen molar-refractivity contribution in [2.24, 2.45) is 0 Å². The third kappa shape index (κ3) is 3.76. The second-order valence-electron chi connectivity index (χ2n) is 7.61. The summed E-state index contributed by atoms with van der Waals surface area (Å²) in [5, 5.41) is 0.331. The van der Waals surface area contributed by atoms with E-state index in [0.29, 0.717) is 13.2 Å². The number of H-pyrrole nitrogens is 1. The summed E-state index contributed by atoms with van der Waals surface area (Å²) >= 11 is 5.65. The topological polar surface area (TPSA) is 63.1 Å². The second kappa shape index (κ2) is 8.37. The van der Waals surface area contributed by atoms with Crippen LogP contribution in [0.2, 0.25) is 5.02 Å². The average molecular weight is 457 g/mol. The molecule has 1 saturated heterocycles. The highest BCUT2D eigenvalue weighted by Gasteiger charge is 2.16. The number of anilines is 1. The molecule has 1 aromatic carbocycles. The number of rotatable bonds is 4. The molecule has 3 aromatic heterocycles. The largest absolute Gasteiger partial charge is 0.378 e. The van der Waals surface area contributed by atoms with E-state index in [1.807, 2.05) is 12.4 Å². The number of fused-ring (bicyclic) bond motifs is 1. The van der Waals surface area contributed by atoms with Gasteiger partial charge in [0.1, 0.15) is 22.3 Å². The number of nitrogens with zero attached hydrogens (tertiary/aromatic N) is 3. The molecule has 5 rings (SSSR count). The Hall–Kier alpha value is -3.23. The van der Waals surface area contributed by atoms with E-state index in [-0.39, 0.29) is 17.7 Å². The summed E-state index contributed by atoms with van der Waals surface area (Å²) in [4.78, 5) is 22.6. The Balaban J connectivity index is 1.47. The molecule has 0 bridgehead atoms. The van der Waals surface area contributed by atoms with Crippen molar-refractivity contribution >= 4 is 28.3 Å². The third-order valence-electron chi connectivity index (χ3n) is 5.66. The summed E-state index contributed by atoms with van der Waals surface area (Å²) in [6.45, 7) is 2.90. The van der Waals surface area contributed by atoms with Crippen molar-refractivity contribution in [1.29, 1.82) is 0 Å². The maximum absolute atomic E-state index is 14.2. The number of aromatic amines is 1. The predicted molar refractivity (Wildman–Crippen MR) is 119 cm³/mol. The molecule has 164 valence electrons. The Bertz CT molecular complexity index is 1360. The first-order valence-electron chi connectivity index (χ1n) is 10.1. The number of benzene rings is 1. The van der Waals surface area contributed by atoms with Crippen molar-refractivity contribution < 1.29 is 13.5 Å². The zero-order chi connectivity index (χ0) is 22.2. The second-order valence-corrected chi connectivity index (χ2v) is 7.99. The Kier molecular flexibility index (Phi) is 5.40. The highest BCUT2D eigenvalue weighted by atomic mass is 35.5. The van der Waals surface area contributed by atoms with Crippen molar-refractivity contribution in [3.05, 3.63) is 81.5 Å². The smallest absolute Gasteiger partial charge is 0.251 e. The molecule has 0 radical (unpaired) electrons. The van der Waals surface area contributed by atoms with Crippen molar-refractivity contribution in [3.8, 4) is 11.1 Å². The minimum atomic E-state index is -0.860. The van der Waals surface area contributed by atoms with Crippen LogP contribution in [0.4, 0.5) is 14.5 Å². The van der Waals surface area contributed by atoms with Crippen molar-refractivity contribution in [1.82, 2.24) is 14.5 Å². The lowest BCUT2D eigenvalue weighted by molar-refractivity contribution is 0.122. The molecule has 0 aliphatic carbocycles. The van der Waals surface area contributed by atoms with Crippen LogP contribution in [0, 0.1) is 11.6 Å². The molecular weight excluding hydrogens is 438 g/mol. The van der Waals surface area contributed by atoms with Gasteiger partial charge in [-0.1, -0.05) is 17.7 Å². The fourth-order valence-corrected chi connectivity index (χ4v) is 4.09. The predicted octanol–water partition coefficient (Wildman–Crippen LogP) is 4.21. The van der Waals surface area contributed by atoms with E-state index in [0.717, 1.165) is 47.0 Å². The van der Waals surface area contributed by atoms with Gasteiger partial charge in [-0.2, -0.15) is 0 Å². The van der Waals surface area contributed by atoms with Gasteiger partial charge >= 0.3 is 0 Å². The Morgan fingerprint density at radius 2 is 1.97 bits per heavy atom. The number of aromatic nitrogens is 3. The molecule has 1 aliphatic rings. The van der Waals surface area contributed by atoms with E-state index in [4.69, 9.17) is 16.3 Å². The van der Waals surface area contributed by atoms with E-state index in [2.05, 4.69) is 20.9 Å². The summed E-state index contributed by atoms with van der Waals surface area (Å²) in [5.74, 6) is -1.69. The summed E-state index contributed by atoms with van der Waals surface area (Å²) in [5.41, 5.74) is 3.12. The quantitative estimate of drug-likeness (QED) is 0.467. The molecule has 32 heavy (non-hydrogen) atoms. The fraction of sp³-hybridized carbons (Fsp3) is 0.217. The first kappa shape index (κ1) is 20.7. The van der Waals surface area contributed by atoms with Gasteiger partial charge in [-0.05, 0) is 23.8 Å². The van der Waals surface area contributed by atoms with Crippen LogP contribution >= 0.6 is 11.6 Å². The van der Waals surface area contributed by atoms with Crippen molar-refractivity contribution in [3.63, 3.8) is 0 Å². The third-order valence-corrected chi connectivity index (χ3v) is 6.00. The van der Waals surface area contributed by atoms with Gasteiger partial charge in [-0.3, -0.25) is 4.79 Å². The number of halogens is 3. The Labute approximate surface area is 187 Å². The molecule has 4 aromatic rings. The molecule has 0 amide bonds. The standard InChI is InChI=1S/C23H19ClF2N4O2/c24-21-19(25)2-1-15(22(21)26)13-30-4-3-14(9-20(30)31)18-12-28-23-17(18)10-16(11-27-23)29-5-7-32-8-6-29/h1-4,9-12H,5-8,13H2,(H,27,28). The summed E-state index contributed by atoms with van der Waals surface area (Å²) in [7, 11) is 0. The maximum Gasteiger partial charge on any atom is 0.251 e. The van der Waals surface area contributed by atoms with Crippen LogP contribution in [0.1, 0.15) is 5.56 Å². The highest BCUT2D eigenvalue weighted by Crippen LogP contribution is 2.30. The molecule has 1 fully saturated rings. The minimum absolute atomic E-state index is 0.0540. The molecule has 9 heteroatoms. The van der Waals surface area contributed by atoms with Gasteiger partial charge < -0.3 is 19.2 Å². The van der Waals surface area contributed by atoms with Gasteiger partial charge in [-0.25, -0.2) is 13.8 Å². The molecule has 6 nitrogen and oxygen atoms in total. The normalized spacial score (nSPS) is 14.3. The zero-order valence-electron chi connectivity index (χ0n) is 16.9. The van der Waals surface area contributed by atoms with Gasteiger partial charge in [0, 0.05) is 48.1 Å². The molecule has 0 unspecified atom stereocenters. The lowest BCUT2D eigenvalue weighted by atomic mass is 10.1. The van der Waals surface area contributed by atoms with Crippen LogP contribution in [0.25, 0.3) is 22.2 Å². The fourth-order valence-electron chi connectivity index (χ4n) is 3.90. The van der Waals surface area contributed by atoms with Crippen LogP contribution in [-0.2, 0) is 11.3 Å². The molecule has 1 aliphatic heterocycles. The van der Waals surface area contributed by atoms with Gasteiger partial charge in [0.15, 0.2) is 0 Å². The van der Waals surface area contributed by atoms with Crippen molar-refractivity contribution in [2.75, 3.05) is 31.2 Å². The van der Waals surface area contributed by atoms with Crippen molar-refractivity contribution in [2.45, 2.75) is 6.54 Å². The summed E-state index contributed by atoms with van der Waals surface area (Å²) in [6, 6.07) is 7.71. The first-order valence-corrected chi connectivity index (χ1v) is 10.5. The Morgan fingerprint density at radius 3 is 2.75 bits per heavy atom. The molecule has 0 saturated carbocycles.